The van der Waals surface area contributed by atoms with Crippen LogP contribution >= 0.6 is 0 Å². The number of pyridine rings is 1. The highest BCUT2D eigenvalue weighted by Gasteiger charge is 2.30. The maximum atomic E-state index is 12.9. The number of rotatable bonds is 3. The number of hydrogen-bond acceptors (Lipinski definition) is 1. The smallest absolute Gasteiger partial charge is 0.416 e. The van der Waals surface area contributed by atoms with Crippen LogP contribution in [0.4, 0.5) is 13.2 Å². The van der Waals surface area contributed by atoms with Gasteiger partial charge in [-0.2, -0.15) is 17.7 Å². The Morgan fingerprint density at radius 3 is 2.33 bits per heavy atom. The van der Waals surface area contributed by atoms with Gasteiger partial charge >= 0.3 is 6.18 Å². The fraction of sp³-hybridized carbons (Fsp3) is 0.0870. The van der Waals surface area contributed by atoms with E-state index >= 15 is 0 Å². The minimum Gasteiger partial charge on any atom is -1.00 e. The Hall–Kier alpha value is -3.06. The number of benzene rings is 2. The molecule has 0 unspecified atom stereocenters. The number of fused-ring (bicyclic) bond motifs is 3. The number of aromatic amines is 1. The third-order valence-electron chi connectivity index (χ3n) is 5.08. The van der Waals surface area contributed by atoms with Crippen LogP contribution in [-0.2, 0) is 12.7 Å². The van der Waals surface area contributed by atoms with Crippen LogP contribution in [0.5, 0.6) is 0 Å². The van der Waals surface area contributed by atoms with Crippen molar-refractivity contribution in [3.8, 4) is 11.5 Å². The highest BCUT2D eigenvalue weighted by Crippen LogP contribution is 2.32. The third kappa shape index (κ3) is 3.50. The number of halogens is 4. The Labute approximate surface area is 180 Å². The lowest BCUT2D eigenvalue weighted by Gasteiger charge is -2.07. The topological polar surface area (TPSA) is 32.8 Å². The van der Waals surface area contributed by atoms with E-state index in [1.54, 1.807) is 6.26 Å². The zero-order valence-corrected chi connectivity index (χ0v) is 17.2. The fourth-order valence-corrected chi connectivity index (χ4v) is 3.71. The second-order valence-corrected chi connectivity index (χ2v) is 6.92. The minimum atomic E-state index is -4.34. The molecule has 0 saturated carbocycles. The molecule has 3 nitrogen and oxygen atoms in total. The van der Waals surface area contributed by atoms with Crippen LogP contribution in [0.2, 0.25) is 0 Å². The first-order valence-corrected chi connectivity index (χ1v) is 9.13. The SMILES string of the molecule is FC(F)(F)c1ccc(C[n+]2ccc3c([nH]c4ccccc43)c2-c2ccco2)cc1.[Br-]. The van der Waals surface area contributed by atoms with E-state index in [0.717, 1.165) is 45.2 Å². The first kappa shape index (κ1) is 20.2. The number of alkyl halides is 3. The molecule has 0 atom stereocenters. The van der Waals surface area contributed by atoms with E-state index in [0.29, 0.717) is 12.3 Å². The number of para-hydroxylation sites is 1. The van der Waals surface area contributed by atoms with E-state index in [4.69, 9.17) is 4.42 Å². The van der Waals surface area contributed by atoms with Crippen LogP contribution in [0.15, 0.2) is 83.6 Å². The number of nitrogens with one attached hydrogen (secondary N) is 1. The summed E-state index contributed by atoms with van der Waals surface area (Å²) >= 11 is 0. The predicted octanol–water partition coefficient (Wildman–Crippen LogP) is 2.94. The normalized spacial score (nSPS) is 11.7. The average molecular weight is 473 g/mol. The third-order valence-corrected chi connectivity index (χ3v) is 5.08. The van der Waals surface area contributed by atoms with E-state index in [1.165, 1.54) is 12.1 Å². The molecule has 5 rings (SSSR count). The van der Waals surface area contributed by atoms with Crippen molar-refractivity contribution in [2.75, 3.05) is 0 Å². The lowest BCUT2D eigenvalue weighted by Crippen LogP contribution is -3.00. The number of aromatic nitrogens is 2. The number of hydrogen-bond donors (Lipinski definition) is 1. The maximum absolute atomic E-state index is 12.9. The van der Waals surface area contributed by atoms with Crippen LogP contribution in [-0.4, -0.2) is 4.98 Å². The monoisotopic (exact) mass is 472 g/mol. The Bertz CT molecular complexity index is 1310. The maximum Gasteiger partial charge on any atom is 0.416 e. The van der Waals surface area contributed by atoms with Crippen molar-refractivity contribution in [2.45, 2.75) is 12.7 Å². The Kier molecular flexibility index (Phi) is 5.15. The lowest BCUT2D eigenvalue weighted by molar-refractivity contribution is -0.676. The molecule has 7 heteroatoms. The standard InChI is InChI=1S/C23H15F3N2O.BrH/c24-23(25,26)16-9-7-15(8-10-16)14-28-12-11-18-17-4-1-2-5-19(17)27-21(18)22(28)20-6-3-13-29-20;/h1-13H,14H2;1H. The molecule has 0 bridgehead atoms. The lowest BCUT2D eigenvalue weighted by atomic mass is 10.1. The van der Waals surface area contributed by atoms with Gasteiger partial charge in [0, 0.05) is 27.9 Å². The van der Waals surface area contributed by atoms with Crippen molar-refractivity contribution in [1.29, 1.82) is 0 Å². The molecule has 0 radical (unpaired) electrons. The van der Waals surface area contributed by atoms with E-state index < -0.39 is 11.7 Å². The average Bonchev–Trinajstić information content (AvgIpc) is 3.35. The molecule has 1 N–H and O–H groups in total. The van der Waals surface area contributed by atoms with Gasteiger partial charge in [-0.25, -0.2) is 0 Å². The van der Waals surface area contributed by atoms with Crippen LogP contribution in [0.25, 0.3) is 33.3 Å². The molecule has 3 heterocycles. The van der Waals surface area contributed by atoms with Gasteiger partial charge in [0.05, 0.1) is 11.8 Å². The van der Waals surface area contributed by atoms with E-state index in [9.17, 15) is 13.2 Å². The second kappa shape index (κ2) is 7.65. The number of nitrogens with zero attached hydrogens (tertiary/aromatic N) is 1. The Balaban J connectivity index is 0.00000218. The molecule has 5 aromatic rings. The molecule has 0 aliphatic rings. The van der Waals surface area contributed by atoms with Gasteiger partial charge in [-0.3, -0.25) is 0 Å². The van der Waals surface area contributed by atoms with E-state index in [-0.39, 0.29) is 17.0 Å². The fourth-order valence-electron chi connectivity index (χ4n) is 3.71. The van der Waals surface area contributed by atoms with E-state index in [2.05, 4.69) is 11.1 Å². The molecular weight excluding hydrogens is 457 g/mol. The summed E-state index contributed by atoms with van der Waals surface area (Å²) in [6.45, 7) is 0.416. The number of furan rings is 1. The predicted molar refractivity (Wildman–Crippen MR) is 104 cm³/mol. The van der Waals surface area contributed by atoms with Crippen LogP contribution in [0.1, 0.15) is 11.1 Å². The molecule has 0 saturated heterocycles. The molecule has 0 spiro atoms. The molecule has 3 aromatic heterocycles. The summed E-state index contributed by atoms with van der Waals surface area (Å²) in [7, 11) is 0. The molecule has 152 valence electrons. The summed E-state index contributed by atoms with van der Waals surface area (Å²) in [5.41, 5.74) is 2.91. The van der Waals surface area contributed by atoms with Crippen LogP contribution in [0, 0.1) is 0 Å². The van der Waals surface area contributed by atoms with Gasteiger partial charge in [-0.15, -0.1) is 0 Å². The van der Waals surface area contributed by atoms with Gasteiger partial charge < -0.3 is 26.4 Å². The first-order chi connectivity index (χ1) is 14.0. The molecule has 0 fully saturated rings. The number of H-pyrrole nitrogens is 1. The van der Waals surface area contributed by atoms with Gasteiger partial charge in [0.25, 0.3) is 5.69 Å². The van der Waals surface area contributed by atoms with Crippen molar-refractivity contribution < 1.29 is 39.1 Å². The van der Waals surface area contributed by atoms with Crippen molar-refractivity contribution >= 4 is 21.8 Å². The first-order valence-electron chi connectivity index (χ1n) is 9.13. The Morgan fingerprint density at radius 2 is 1.63 bits per heavy atom. The molecule has 30 heavy (non-hydrogen) atoms. The highest BCUT2D eigenvalue weighted by molar-refractivity contribution is 6.09. The summed E-state index contributed by atoms with van der Waals surface area (Å²) in [5.74, 6) is 0.689. The van der Waals surface area contributed by atoms with Gasteiger partial charge in [-0.1, -0.05) is 30.3 Å². The highest BCUT2D eigenvalue weighted by atomic mass is 79.9. The largest absolute Gasteiger partial charge is 1.00 e. The molecule has 0 amide bonds. The molecule has 2 aromatic carbocycles. The van der Waals surface area contributed by atoms with Crippen LogP contribution in [0.3, 0.4) is 0 Å². The molecule has 0 aliphatic heterocycles. The van der Waals surface area contributed by atoms with Crippen molar-refractivity contribution in [2.24, 2.45) is 0 Å². The van der Waals surface area contributed by atoms with Crippen molar-refractivity contribution in [1.82, 2.24) is 4.98 Å². The van der Waals surface area contributed by atoms with Crippen LogP contribution < -0.4 is 21.5 Å². The van der Waals surface area contributed by atoms with Gasteiger partial charge in [0.15, 0.2) is 18.5 Å². The molecular formula is C23H16BrF3N2O. The summed E-state index contributed by atoms with van der Waals surface area (Å²) in [6.07, 6.45) is -0.786. The summed E-state index contributed by atoms with van der Waals surface area (Å²) in [6, 6.07) is 19.0. The quantitative estimate of drug-likeness (QED) is 0.402. The molecule has 0 aliphatic carbocycles. The van der Waals surface area contributed by atoms with E-state index in [1.807, 2.05) is 47.2 Å². The summed E-state index contributed by atoms with van der Waals surface area (Å²) in [4.78, 5) is 3.46. The van der Waals surface area contributed by atoms with Crippen molar-refractivity contribution in [3.05, 3.63) is 90.3 Å². The summed E-state index contributed by atoms with van der Waals surface area (Å²) < 4.78 is 46.2. The Morgan fingerprint density at radius 1 is 0.867 bits per heavy atom. The zero-order chi connectivity index (χ0) is 20.0. The minimum absolute atomic E-state index is 0. The second-order valence-electron chi connectivity index (χ2n) is 6.92. The van der Waals surface area contributed by atoms with Gasteiger partial charge in [0.1, 0.15) is 5.52 Å². The zero-order valence-electron chi connectivity index (χ0n) is 15.6. The van der Waals surface area contributed by atoms with Gasteiger partial charge in [-0.05, 0) is 30.3 Å². The van der Waals surface area contributed by atoms with Gasteiger partial charge in [0.2, 0.25) is 0 Å². The van der Waals surface area contributed by atoms with Crippen molar-refractivity contribution in [3.63, 3.8) is 0 Å². The summed E-state index contributed by atoms with van der Waals surface area (Å²) in [5, 5.41) is 2.17.